The molecule has 20 heavy (non-hydrogen) atoms. The van der Waals surface area contributed by atoms with E-state index in [1.165, 1.54) is 0 Å². The summed E-state index contributed by atoms with van der Waals surface area (Å²) in [6.07, 6.45) is 2.80. The molecule has 1 aromatic heterocycles. The molecule has 1 amide bonds. The topological polar surface area (TPSA) is 51.7 Å². The molecule has 1 atom stereocenters. The van der Waals surface area contributed by atoms with Crippen LogP contribution in [0.4, 0.5) is 0 Å². The molecule has 0 radical (unpaired) electrons. The lowest BCUT2D eigenvalue weighted by atomic mass is 10.0. The molecule has 0 aliphatic carbocycles. The summed E-state index contributed by atoms with van der Waals surface area (Å²) in [5.74, 6) is -0.0162. The summed E-state index contributed by atoms with van der Waals surface area (Å²) in [5, 5.41) is 0. The maximum Gasteiger partial charge on any atom is 0.272 e. The molecule has 5 heteroatoms. The second-order valence-electron chi connectivity index (χ2n) is 5.34. The fourth-order valence-electron chi connectivity index (χ4n) is 2.90. The predicted molar refractivity (Wildman–Crippen MR) is 73.3 cm³/mol. The van der Waals surface area contributed by atoms with Gasteiger partial charge in [0.1, 0.15) is 5.69 Å². The number of aromatic nitrogens is 1. The van der Waals surface area contributed by atoms with Crippen LogP contribution in [0.3, 0.4) is 0 Å². The average molecular weight is 276 g/mol. The molecule has 0 spiro atoms. The summed E-state index contributed by atoms with van der Waals surface area (Å²) < 4.78 is 11.2. The number of piperidine rings is 1. The molecule has 0 N–H and O–H groups in total. The van der Waals surface area contributed by atoms with Crippen molar-refractivity contribution in [2.24, 2.45) is 0 Å². The van der Waals surface area contributed by atoms with Gasteiger partial charge in [0.2, 0.25) is 0 Å². The van der Waals surface area contributed by atoms with Crippen LogP contribution in [-0.2, 0) is 9.47 Å². The van der Waals surface area contributed by atoms with E-state index < -0.39 is 0 Å². The monoisotopic (exact) mass is 276 g/mol. The van der Waals surface area contributed by atoms with Gasteiger partial charge < -0.3 is 14.4 Å². The van der Waals surface area contributed by atoms with Crippen molar-refractivity contribution in [2.75, 3.05) is 19.8 Å². The van der Waals surface area contributed by atoms with Crippen molar-refractivity contribution in [3.8, 4) is 0 Å². The Morgan fingerprint density at radius 2 is 2.10 bits per heavy atom. The zero-order chi connectivity index (χ0) is 13.9. The van der Waals surface area contributed by atoms with Crippen LogP contribution in [0.2, 0.25) is 0 Å². The van der Waals surface area contributed by atoms with Crippen molar-refractivity contribution in [3.05, 3.63) is 29.6 Å². The van der Waals surface area contributed by atoms with Crippen LogP contribution >= 0.6 is 0 Å². The molecule has 0 saturated carbocycles. The number of aryl methyl sites for hydroxylation is 1. The number of hydrogen-bond acceptors (Lipinski definition) is 4. The minimum Gasteiger partial charge on any atom is -0.348 e. The molecule has 0 bridgehead atoms. The molecule has 2 saturated heterocycles. The van der Waals surface area contributed by atoms with Crippen LogP contribution in [0.5, 0.6) is 0 Å². The minimum atomic E-state index is -0.274. The highest BCUT2D eigenvalue weighted by atomic mass is 16.7. The van der Waals surface area contributed by atoms with Crippen molar-refractivity contribution >= 4 is 5.91 Å². The fraction of sp³-hybridized carbons (Fsp3) is 0.600. The van der Waals surface area contributed by atoms with E-state index in [0.717, 1.165) is 31.5 Å². The van der Waals surface area contributed by atoms with Crippen molar-refractivity contribution in [2.45, 2.75) is 38.5 Å². The molecule has 0 aromatic carbocycles. The Kier molecular flexibility index (Phi) is 3.98. The smallest absolute Gasteiger partial charge is 0.272 e. The number of ether oxygens (including phenoxy) is 2. The number of pyridine rings is 1. The van der Waals surface area contributed by atoms with Crippen molar-refractivity contribution in [1.82, 2.24) is 9.88 Å². The Balaban J connectivity index is 1.80. The maximum atomic E-state index is 12.7. The van der Waals surface area contributed by atoms with Gasteiger partial charge in [-0.3, -0.25) is 4.79 Å². The van der Waals surface area contributed by atoms with Crippen LogP contribution in [0.15, 0.2) is 18.2 Å². The van der Waals surface area contributed by atoms with Gasteiger partial charge in [0.25, 0.3) is 5.91 Å². The first-order chi connectivity index (χ1) is 9.75. The highest BCUT2D eigenvalue weighted by molar-refractivity contribution is 5.92. The first-order valence-electron chi connectivity index (χ1n) is 7.23. The van der Waals surface area contributed by atoms with Gasteiger partial charge in [-0.2, -0.15) is 0 Å². The molecular formula is C15H20N2O3. The van der Waals surface area contributed by atoms with E-state index in [1.807, 2.05) is 24.0 Å². The normalized spacial score (nSPS) is 24.1. The largest absolute Gasteiger partial charge is 0.348 e. The van der Waals surface area contributed by atoms with Crippen LogP contribution in [0, 0.1) is 6.92 Å². The molecule has 108 valence electrons. The van der Waals surface area contributed by atoms with Gasteiger partial charge in [0.15, 0.2) is 6.29 Å². The summed E-state index contributed by atoms with van der Waals surface area (Å²) in [6.45, 7) is 3.88. The third-order valence-electron chi connectivity index (χ3n) is 3.88. The number of likely N-dealkylation sites (tertiary alicyclic amines) is 1. The third-order valence-corrected chi connectivity index (χ3v) is 3.88. The molecule has 2 aliphatic rings. The van der Waals surface area contributed by atoms with Gasteiger partial charge in [-0.1, -0.05) is 6.07 Å². The quantitative estimate of drug-likeness (QED) is 0.826. The molecule has 1 unspecified atom stereocenters. The van der Waals surface area contributed by atoms with Crippen LogP contribution in [-0.4, -0.2) is 47.9 Å². The molecular weight excluding hydrogens is 256 g/mol. The van der Waals surface area contributed by atoms with Crippen molar-refractivity contribution < 1.29 is 14.3 Å². The van der Waals surface area contributed by atoms with Gasteiger partial charge in [-0.05, 0) is 38.3 Å². The summed E-state index contributed by atoms with van der Waals surface area (Å²) in [6, 6.07) is 5.56. The highest BCUT2D eigenvalue weighted by Gasteiger charge is 2.36. The number of nitrogens with zero attached hydrogens (tertiary/aromatic N) is 2. The number of carbonyl (C=O) groups excluding carboxylic acids is 1. The lowest BCUT2D eigenvalue weighted by molar-refractivity contribution is -0.100. The summed E-state index contributed by atoms with van der Waals surface area (Å²) in [7, 11) is 0. The average Bonchev–Trinajstić information content (AvgIpc) is 3.00. The Morgan fingerprint density at radius 3 is 2.85 bits per heavy atom. The molecule has 2 fully saturated rings. The maximum absolute atomic E-state index is 12.7. The van der Waals surface area contributed by atoms with Crippen LogP contribution in [0.1, 0.15) is 35.4 Å². The Morgan fingerprint density at radius 1 is 1.30 bits per heavy atom. The second-order valence-corrected chi connectivity index (χ2v) is 5.34. The predicted octanol–water partition coefficient (Wildman–Crippen LogP) is 1.76. The lowest BCUT2D eigenvalue weighted by Gasteiger charge is -2.37. The van der Waals surface area contributed by atoms with Gasteiger partial charge in [0, 0.05) is 12.2 Å². The Bertz CT molecular complexity index is 486. The minimum absolute atomic E-state index is 0.0149. The van der Waals surface area contributed by atoms with E-state index in [4.69, 9.17) is 9.47 Å². The first-order valence-corrected chi connectivity index (χ1v) is 7.23. The van der Waals surface area contributed by atoms with Crippen LogP contribution in [0.25, 0.3) is 0 Å². The number of rotatable bonds is 2. The van der Waals surface area contributed by atoms with E-state index in [2.05, 4.69) is 4.98 Å². The molecule has 1 aromatic rings. The fourth-order valence-corrected chi connectivity index (χ4v) is 2.90. The molecule has 2 aliphatic heterocycles. The Hall–Kier alpha value is -1.46. The lowest BCUT2D eigenvalue weighted by Crippen LogP contribution is -2.50. The van der Waals surface area contributed by atoms with E-state index in [9.17, 15) is 4.79 Å². The van der Waals surface area contributed by atoms with Crippen LogP contribution < -0.4 is 0 Å². The van der Waals surface area contributed by atoms with E-state index in [-0.39, 0.29) is 18.2 Å². The zero-order valence-corrected chi connectivity index (χ0v) is 11.7. The van der Waals surface area contributed by atoms with Crippen molar-refractivity contribution in [1.29, 1.82) is 0 Å². The van der Waals surface area contributed by atoms with Gasteiger partial charge in [-0.25, -0.2) is 4.98 Å². The van der Waals surface area contributed by atoms with Gasteiger partial charge >= 0.3 is 0 Å². The molecule has 3 rings (SSSR count). The molecule has 5 nitrogen and oxygen atoms in total. The SMILES string of the molecule is Cc1cccc(C(=O)N2CCCCC2C2OCCO2)n1. The number of amides is 1. The number of hydrogen-bond donors (Lipinski definition) is 0. The van der Waals surface area contributed by atoms with E-state index >= 15 is 0 Å². The first kappa shape index (κ1) is 13.5. The zero-order valence-electron chi connectivity index (χ0n) is 11.7. The third kappa shape index (κ3) is 2.69. The summed E-state index contributed by atoms with van der Waals surface area (Å²) in [5.41, 5.74) is 1.37. The van der Waals surface area contributed by atoms with Gasteiger partial charge in [-0.15, -0.1) is 0 Å². The number of carbonyl (C=O) groups is 1. The standard InChI is InChI=1S/C15H20N2O3/c1-11-5-4-6-12(16-11)14(18)17-8-3-2-7-13(17)15-19-9-10-20-15/h4-6,13,15H,2-3,7-10H2,1H3. The van der Waals surface area contributed by atoms with Gasteiger partial charge in [0.05, 0.1) is 19.3 Å². The summed E-state index contributed by atoms with van der Waals surface area (Å²) in [4.78, 5) is 18.9. The van der Waals surface area contributed by atoms with E-state index in [0.29, 0.717) is 18.9 Å². The Labute approximate surface area is 118 Å². The van der Waals surface area contributed by atoms with Crippen molar-refractivity contribution in [3.63, 3.8) is 0 Å². The highest BCUT2D eigenvalue weighted by Crippen LogP contribution is 2.25. The second kappa shape index (κ2) is 5.89. The summed E-state index contributed by atoms with van der Waals surface area (Å²) >= 11 is 0. The van der Waals surface area contributed by atoms with E-state index in [1.54, 1.807) is 6.07 Å². The molecule has 3 heterocycles.